The van der Waals surface area contributed by atoms with Gasteiger partial charge >= 0.3 is 0 Å². The van der Waals surface area contributed by atoms with Crippen LogP contribution in [0, 0.1) is 24.1 Å². The van der Waals surface area contributed by atoms with E-state index < -0.39 is 23.0 Å². The number of carbonyl (C=O) groups excluding carboxylic acids is 1. The second-order valence-corrected chi connectivity index (χ2v) is 5.63. The predicted molar refractivity (Wildman–Crippen MR) is 92.8 cm³/mol. The highest BCUT2D eigenvalue weighted by Gasteiger charge is 2.26. The van der Waals surface area contributed by atoms with E-state index in [9.17, 15) is 24.3 Å². The van der Waals surface area contributed by atoms with Crippen LogP contribution < -0.4 is 5.56 Å². The summed E-state index contributed by atoms with van der Waals surface area (Å²) in [4.78, 5) is 25.2. The minimum atomic E-state index is -0.784. The molecule has 0 radical (unpaired) electrons. The molecule has 0 spiro atoms. The fraction of sp³-hybridized carbons (Fsp3) is 0.316. The van der Waals surface area contributed by atoms with Crippen molar-refractivity contribution < 1.29 is 19.0 Å². The van der Waals surface area contributed by atoms with E-state index in [0.717, 1.165) is 10.6 Å². The summed E-state index contributed by atoms with van der Waals surface area (Å²) in [6, 6.07) is 7.12. The van der Waals surface area contributed by atoms with E-state index in [4.69, 9.17) is 4.74 Å². The molecule has 26 heavy (non-hydrogen) atoms. The number of pyridine rings is 1. The first-order valence-electron chi connectivity index (χ1n) is 8.17. The molecule has 0 atom stereocenters. The van der Waals surface area contributed by atoms with Gasteiger partial charge in [0.15, 0.2) is 0 Å². The highest BCUT2D eigenvalue weighted by molar-refractivity contribution is 6.11. The molecule has 0 aliphatic heterocycles. The summed E-state index contributed by atoms with van der Waals surface area (Å²) in [5, 5.41) is 19.8. The van der Waals surface area contributed by atoms with E-state index in [1.165, 1.54) is 25.1 Å². The number of halogens is 1. The van der Waals surface area contributed by atoms with Crippen LogP contribution in [0.3, 0.4) is 0 Å². The quantitative estimate of drug-likeness (QED) is 0.606. The third-order valence-electron chi connectivity index (χ3n) is 4.02. The molecule has 2 rings (SSSR count). The zero-order valence-electron chi connectivity index (χ0n) is 14.6. The number of aromatic nitrogens is 1. The molecule has 1 N–H and O–H groups in total. The number of benzene rings is 1. The molecule has 2 aromatic rings. The minimum Gasteiger partial charge on any atom is -0.494 e. The lowest BCUT2D eigenvalue weighted by molar-refractivity contribution is 0.103. The number of rotatable bonds is 7. The van der Waals surface area contributed by atoms with Gasteiger partial charge in [-0.05, 0) is 38.0 Å². The minimum absolute atomic E-state index is 0.0318. The molecular formula is C19H19FN2O4. The SMILES string of the molecule is CCOCCCn1c(O)c(C(=O)c2ccccc2F)c(C)c(C#N)c1=O. The van der Waals surface area contributed by atoms with Crippen LogP contribution in [0.1, 0.15) is 40.4 Å². The van der Waals surface area contributed by atoms with Gasteiger partial charge in [-0.2, -0.15) is 5.26 Å². The van der Waals surface area contributed by atoms with Crippen molar-refractivity contribution in [1.29, 1.82) is 5.26 Å². The Kier molecular flexibility index (Phi) is 6.26. The van der Waals surface area contributed by atoms with Crippen LogP contribution >= 0.6 is 0 Å². The Morgan fingerprint density at radius 2 is 2.08 bits per heavy atom. The van der Waals surface area contributed by atoms with Gasteiger partial charge in [-0.15, -0.1) is 0 Å². The highest BCUT2D eigenvalue weighted by Crippen LogP contribution is 2.26. The molecule has 6 nitrogen and oxygen atoms in total. The maximum atomic E-state index is 14.0. The maximum absolute atomic E-state index is 14.0. The fourth-order valence-electron chi connectivity index (χ4n) is 2.68. The van der Waals surface area contributed by atoms with Crippen molar-refractivity contribution in [1.82, 2.24) is 4.57 Å². The summed E-state index contributed by atoms with van der Waals surface area (Å²) in [5.41, 5.74) is -1.40. The van der Waals surface area contributed by atoms with Crippen LogP contribution in [0.2, 0.25) is 0 Å². The normalized spacial score (nSPS) is 10.5. The lowest BCUT2D eigenvalue weighted by Gasteiger charge is -2.15. The molecule has 0 amide bonds. The fourth-order valence-corrected chi connectivity index (χ4v) is 2.68. The van der Waals surface area contributed by atoms with Crippen molar-refractivity contribution in [3.05, 3.63) is 62.7 Å². The van der Waals surface area contributed by atoms with Gasteiger partial charge in [0.2, 0.25) is 11.7 Å². The van der Waals surface area contributed by atoms with Crippen LogP contribution in [-0.4, -0.2) is 28.7 Å². The summed E-state index contributed by atoms with van der Waals surface area (Å²) in [7, 11) is 0. The van der Waals surface area contributed by atoms with E-state index in [1.54, 1.807) is 6.07 Å². The van der Waals surface area contributed by atoms with Crippen LogP contribution in [0.15, 0.2) is 29.1 Å². The molecule has 0 aliphatic rings. The second kappa shape index (κ2) is 8.41. The molecule has 0 aliphatic carbocycles. The van der Waals surface area contributed by atoms with Gasteiger partial charge in [0, 0.05) is 19.8 Å². The number of ketones is 1. The molecule has 0 fully saturated rings. The standard InChI is InChI=1S/C19H19FN2O4/c1-3-26-10-6-9-22-18(24)14(11-21)12(2)16(19(22)25)17(23)13-7-4-5-8-15(13)20/h4-5,7-8,25H,3,6,9-10H2,1-2H3. The molecule has 0 saturated carbocycles. The van der Waals surface area contributed by atoms with Crippen molar-refractivity contribution in [2.75, 3.05) is 13.2 Å². The van der Waals surface area contributed by atoms with Gasteiger partial charge in [-0.1, -0.05) is 12.1 Å². The first-order valence-corrected chi connectivity index (χ1v) is 8.17. The summed E-state index contributed by atoms with van der Waals surface area (Å²) < 4.78 is 20.1. The van der Waals surface area contributed by atoms with E-state index in [-0.39, 0.29) is 28.8 Å². The number of carbonyl (C=O) groups is 1. The van der Waals surface area contributed by atoms with Crippen molar-refractivity contribution in [2.45, 2.75) is 26.8 Å². The Labute approximate surface area is 150 Å². The lowest BCUT2D eigenvalue weighted by atomic mass is 9.97. The van der Waals surface area contributed by atoms with Crippen LogP contribution in [-0.2, 0) is 11.3 Å². The number of ether oxygens (including phenoxy) is 1. The largest absolute Gasteiger partial charge is 0.494 e. The van der Waals surface area contributed by atoms with Crippen molar-refractivity contribution in [3.8, 4) is 11.9 Å². The van der Waals surface area contributed by atoms with E-state index in [1.807, 2.05) is 6.92 Å². The van der Waals surface area contributed by atoms with Crippen LogP contribution in [0.25, 0.3) is 0 Å². The number of hydrogen-bond acceptors (Lipinski definition) is 5. The molecule has 0 bridgehead atoms. The number of hydrogen-bond donors (Lipinski definition) is 1. The summed E-state index contributed by atoms with van der Waals surface area (Å²) in [6.45, 7) is 4.15. The van der Waals surface area contributed by atoms with Crippen LogP contribution in [0.4, 0.5) is 4.39 Å². The van der Waals surface area contributed by atoms with Gasteiger partial charge in [0.05, 0.1) is 11.1 Å². The summed E-state index contributed by atoms with van der Waals surface area (Å²) in [6.07, 6.45) is 0.405. The summed E-state index contributed by atoms with van der Waals surface area (Å²) in [5.74, 6) is -2.10. The Hall–Kier alpha value is -2.98. The monoisotopic (exact) mass is 358 g/mol. The smallest absolute Gasteiger partial charge is 0.271 e. The van der Waals surface area contributed by atoms with E-state index in [0.29, 0.717) is 19.6 Å². The van der Waals surface area contributed by atoms with E-state index in [2.05, 4.69) is 0 Å². The van der Waals surface area contributed by atoms with Crippen LogP contribution in [0.5, 0.6) is 5.88 Å². The van der Waals surface area contributed by atoms with Crippen molar-refractivity contribution in [2.24, 2.45) is 0 Å². The zero-order chi connectivity index (χ0) is 19.3. The Morgan fingerprint density at radius 3 is 2.69 bits per heavy atom. The number of nitriles is 1. The Morgan fingerprint density at radius 1 is 1.38 bits per heavy atom. The topological polar surface area (TPSA) is 92.3 Å². The molecule has 1 heterocycles. The molecule has 0 unspecified atom stereocenters. The van der Waals surface area contributed by atoms with Crippen molar-refractivity contribution in [3.63, 3.8) is 0 Å². The molecule has 0 saturated heterocycles. The molecular weight excluding hydrogens is 339 g/mol. The molecule has 1 aromatic carbocycles. The molecule has 7 heteroatoms. The lowest BCUT2D eigenvalue weighted by Crippen LogP contribution is -2.27. The number of aromatic hydroxyl groups is 1. The van der Waals surface area contributed by atoms with E-state index >= 15 is 0 Å². The third-order valence-corrected chi connectivity index (χ3v) is 4.02. The van der Waals surface area contributed by atoms with Gasteiger partial charge in [-0.25, -0.2) is 4.39 Å². The summed E-state index contributed by atoms with van der Waals surface area (Å²) >= 11 is 0. The first kappa shape index (κ1) is 19.3. The zero-order valence-corrected chi connectivity index (χ0v) is 14.6. The maximum Gasteiger partial charge on any atom is 0.271 e. The first-order chi connectivity index (χ1) is 12.4. The average Bonchev–Trinajstić information content (AvgIpc) is 2.61. The third kappa shape index (κ3) is 3.65. The second-order valence-electron chi connectivity index (χ2n) is 5.63. The van der Waals surface area contributed by atoms with Crippen molar-refractivity contribution >= 4 is 5.78 Å². The highest BCUT2D eigenvalue weighted by atomic mass is 19.1. The average molecular weight is 358 g/mol. The Bertz CT molecular complexity index is 928. The Balaban J connectivity index is 2.59. The van der Waals surface area contributed by atoms with Gasteiger partial charge < -0.3 is 9.84 Å². The molecule has 1 aromatic heterocycles. The van der Waals surface area contributed by atoms with Gasteiger partial charge in [-0.3, -0.25) is 14.2 Å². The number of nitrogens with zero attached hydrogens (tertiary/aromatic N) is 2. The molecule has 136 valence electrons. The predicted octanol–water partition coefficient (Wildman–Crippen LogP) is 2.53. The van der Waals surface area contributed by atoms with Gasteiger partial charge in [0.1, 0.15) is 17.4 Å². The van der Waals surface area contributed by atoms with Gasteiger partial charge in [0.25, 0.3) is 5.56 Å².